The molecule has 3 rings (SSSR count). The highest BCUT2D eigenvalue weighted by atomic mass is 16.5. The maximum atomic E-state index is 5.60. The van der Waals surface area contributed by atoms with Gasteiger partial charge in [-0.2, -0.15) is 0 Å². The number of benzene rings is 1. The summed E-state index contributed by atoms with van der Waals surface area (Å²) in [5, 5.41) is 6.63. The molecule has 2 N–H and O–H groups in total. The van der Waals surface area contributed by atoms with Gasteiger partial charge in [-0.15, -0.1) is 0 Å². The summed E-state index contributed by atoms with van der Waals surface area (Å²) in [4.78, 5) is 11.2. The lowest BCUT2D eigenvalue weighted by molar-refractivity contribution is 0.0529. The zero-order valence-corrected chi connectivity index (χ0v) is 18.1. The zero-order valence-electron chi connectivity index (χ0n) is 18.1. The molecule has 0 radical (unpaired) electrons. The number of nitrogens with zero attached hydrogens (tertiary/aromatic N) is 3. The van der Waals surface area contributed by atoms with Crippen LogP contribution in [-0.4, -0.2) is 58.0 Å². The summed E-state index contributed by atoms with van der Waals surface area (Å²) in [6.45, 7) is 5.79. The molecule has 0 amide bonds. The number of aromatic nitrogens is 1. The van der Waals surface area contributed by atoms with Gasteiger partial charge < -0.3 is 29.7 Å². The maximum Gasteiger partial charge on any atom is 0.191 e. The SMILES string of the molecule is CN=C(NCc1ccc(N2CCOC(C)C2)nc1)NCc1ccc(OC)cc1OC. The normalized spacial score (nSPS) is 16.9. The first-order chi connectivity index (χ1) is 14.6. The average Bonchev–Trinajstić information content (AvgIpc) is 2.79. The smallest absolute Gasteiger partial charge is 0.191 e. The van der Waals surface area contributed by atoms with E-state index in [0.717, 1.165) is 48.1 Å². The van der Waals surface area contributed by atoms with E-state index in [2.05, 4.69) is 44.6 Å². The first kappa shape index (κ1) is 21.7. The van der Waals surface area contributed by atoms with Crippen LogP contribution in [0.25, 0.3) is 0 Å². The van der Waals surface area contributed by atoms with Crippen LogP contribution in [-0.2, 0) is 17.8 Å². The number of ether oxygens (including phenoxy) is 3. The number of aliphatic imine (C=N–C) groups is 1. The molecule has 8 nitrogen and oxygen atoms in total. The van der Waals surface area contributed by atoms with Crippen molar-refractivity contribution in [1.82, 2.24) is 15.6 Å². The fraction of sp³-hybridized carbons (Fsp3) is 0.455. The lowest BCUT2D eigenvalue weighted by Gasteiger charge is -2.32. The van der Waals surface area contributed by atoms with E-state index in [4.69, 9.17) is 14.2 Å². The summed E-state index contributed by atoms with van der Waals surface area (Å²) in [6.07, 6.45) is 2.14. The molecule has 2 heterocycles. The van der Waals surface area contributed by atoms with Crippen LogP contribution in [0.1, 0.15) is 18.1 Å². The minimum Gasteiger partial charge on any atom is -0.497 e. The highest BCUT2D eigenvalue weighted by Gasteiger charge is 2.17. The lowest BCUT2D eigenvalue weighted by Crippen LogP contribution is -2.41. The number of hydrogen-bond acceptors (Lipinski definition) is 6. The van der Waals surface area contributed by atoms with Gasteiger partial charge in [0.25, 0.3) is 0 Å². The molecule has 1 fully saturated rings. The predicted octanol–water partition coefficient (Wildman–Crippen LogP) is 2.19. The summed E-state index contributed by atoms with van der Waals surface area (Å²) >= 11 is 0. The molecule has 8 heteroatoms. The monoisotopic (exact) mass is 413 g/mol. The Morgan fingerprint density at radius 1 is 1.20 bits per heavy atom. The summed E-state index contributed by atoms with van der Waals surface area (Å²) in [6, 6.07) is 9.92. The van der Waals surface area contributed by atoms with Crippen molar-refractivity contribution in [3.8, 4) is 11.5 Å². The summed E-state index contributed by atoms with van der Waals surface area (Å²) in [5.74, 6) is 3.23. The third-order valence-electron chi connectivity index (χ3n) is 5.00. The predicted molar refractivity (Wildman–Crippen MR) is 118 cm³/mol. The second kappa shape index (κ2) is 10.7. The molecular formula is C22H31N5O3. The molecule has 0 saturated carbocycles. The van der Waals surface area contributed by atoms with Gasteiger partial charge in [0, 0.05) is 51.1 Å². The molecule has 1 aliphatic heterocycles. The molecule has 0 spiro atoms. The summed E-state index contributed by atoms with van der Waals surface area (Å²) in [5.41, 5.74) is 2.11. The third-order valence-corrected chi connectivity index (χ3v) is 5.00. The topological polar surface area (TPSA) is 80.2 Å². The van der Waals surface area contributed by atoms with Crippen LogP contribution >= 0.6 is 0 Å². The van der Waals surface area contributed by atoms with Crippen molar-refractivity contribution in [1.29, 1.82) is 0 Å². The number of nitrogens with one attached hydrogen (secondary N) is 2. The number of morpholine rings is 1. The molecule has 162 valence electrons. The van der Waals surface area contributed by atoms with Crippen molar-refractivity contribution in [2.45, 2.75) is 26.1 Å². The molecule has 1 aliphatic rings. The van der Waals surface area contributed by atoms with Crippen LogP contribution in [0, 0.1) is 0 Å². The van der Waals surface area contributed by atoms with E-state index in [9.17, 15) is 0 Å². The Morgan fingerprint density at radius 2 is 2.03 bits per heavy atom. The summed E-state index contributed by atoms with van der Waals surface area (Å²) < 4.78 is 16.3. The molecule has 1 aromatic carbocycles. The highest BCUT2D eigenvalue weighted by Crippen LogP contribution is 2.24. The van der Waals surface area contributed by atoms with Crippen molar-refractivity contribution in [2.75, 3.05) is 45.9 Å². The van der Waals surface area contributed by atoms with Crippen LogP contribution < -0.4 is 25.0 Å². The van der Waals surface area contributed by atoms with Gasteiger partial charge in [-0.25, -0.2) is 4.98 Å². The molecule has 1 atom stereocenters. The largest absolute Gasteiger partial charge is 0.497 e. The van der Waals surface area contributed by atoms with Gasteiger partial charge >= 0.3 is 0 Å². The minimum absolute atomic E-state index is 0.237. The van der Waals surface area contributed by atoms with E-state index in [0.29, 0.717) is 19.0 Å². The third kappa shape index (κ3) is 5.76. The van der Waals surface area contributed by atoms with Crippen molar-refractivity contribution in [3.05, 3.63) is 47.7 Å². The van der Waals surface area contributed by atoms with Crippen LogP contribution in [0.3, 0.4) is 0 Å². The molecule has 1 saturated heterocycles. The number of methoxy groups -OCH3 is 2. The van der Waals surface area contributed by atoms with Crippen LogP contribution in [0.5, 0.6) is 11.5 Å². The van der Waals surface area contributed by atoms with E-state index in [1.54, 1.807) is 21.3 Å². The average molecular weight is 414 g/mol. The highest BCUT2D eigenvalue weighted by molar-refractivity contribution is 5.79. The van der Waals surface area contributed by atoms with Gasteiger partial charge in [0.2, 0.25) is 0 Å². The van der Waals surface area contributed by atoms with Crippen molar-refractivity contribution in [3.63, 3.8) is 0 Å². The first-order valence-electron chi connectivity index (χ1n) is 10.1. The molecular weight excluding hydrogens is 382 g/mol. The number of anilines is 1. The van der Waals surface area contributed by atoms with Crippen LogP contribution in [0.4, 0.5) is 5.82 Å². The minimum atomic E-state index is 0.237. The van der Waals surface area contributed by atoms with Crippen molar-refractivity contribution >= 4 is 11.8 Å². The Balaban J connectivity index is 1.52. The second-order valence-electron chi connectivity index (χ2n) is 7.11. The van der Waals surface area contributed by atoms with Gasteiger partial charge in [0.05, 0.1) is 26.9 Å². The van der Waals surface area contributed by atoms with Gasteiger partial charge in [0.15, 0.2) is 5.96 Å². The fourth-order valence-corrected chi connectivity index (χ4v) is 3.32. The van der Waals surface area contributed by atoms with E-state index in [1.165, 1.54) is 0 Å². The van der Waals surface area contributed by atoms with Gasteiger partial charge in [-0.1, -0.05) is 6.07 Å². The number of guanidine groups is 1. The lowest BCUT2D eigenvalue weighted by atomic mass is 10.2. The van der Waals surface area contributed by atoms with E-state index >= 15 is 0 Å². The second-order valence-corrected chi connectivity index (χ2v) is 7.11. The molecule has 1 aromatic heterocycles. The number of rotatable bonds is 7. The zero-order chi connectivity index (χ0) is 21.3. The van der Waals surface area contributed by atoms with E-state index in [1.807, 2.05) is 24.4 Å². The molecule has 30 heavy (non-hydrogen) atoms. The Morgan fingerprint density at radius 3 is 2.70 bits per heavy atom. The molecule has 0 aliphatic carbocycles. The summed E-state index contributed by atoms with van der Waals surface area (Å²) in [7, 11) is 5.04. The molecule has 2 aromatic rings. The van der Waals surface area contributed by atoms with Crippen LogP contribution in [0.15, 0.2) is 41.5 Å². The van der Waals surface area contributed by atoms with Gasteiger partial charge in [-0.3, -0.25) is 4.99 Å². The quantitative estimate of drug-likeness (QED) is 0.532. The standard InChI is InChI=1S/C22H31N5O3/c1-16-15-27(9-10-30-16)21-8-5-17(12-24-21)13-25-22(23-2)26-14-18-6-7-19(28-3)11-20(18)29-4/h5-8,11-12,16H,9-10,13-15H2,1-4H3,(H2,23,25,26). The van der Waals surface area contributed by atoms with Crippen molar-refractivity contribution in [2.24, 2.45) is 4.99 Å². The Kier molecular flexibility index (Phi) is 7.73. The fourth-order valence-electron chi connectivity index (χ4n) is 3.32. The van der Waals surface area contributed by atoms with Gasteiger partial charge in [-0.05, 0) is 30.7 Å². The van der Waals surface area contributed by atoms with E-state index in [-0.39, 0.29) is 6.10 Å². The molecule has 1 unspecified atom stereocenters. The Labute approximate surface area is 178 Å². The Hall–Kier alpha value is -3.00. The van der Waals surface area contributed by atoms with Gasteiger partial charge in [0.1, 0.15) is 17.3 Å². The van der Waals surface area contributed by atoms with E-state index < -0.39 is 0 Å². The van der Waals surface area contributed by atoms with Crippen LogP contribution in [0.2, 0.25) is 0 Å². The first-order valence-corrected chi connectivity index (χ1v) is 10.1. The number of hydrogen-bond donors (Lipinski definition) is 2. The Bertz CT molecular complexity index is 841. The maximum absolute atomic E-state index is 5.60. The number of pyridine rings is 1. The van der Waals surface area contributed by atoms with Crippen molar-refractivity contribution < 1.29 is 14.2 Å². The molecule has 0 bridgehead atoms.